The van der Waals surface area contributed by atoms with Gasteiger partial charge in [0.15, 0.2) is 22.1 Å². The number of anilines is 1. The Morgan fingerprint density at radius 1 is 1.17 bits per heavy atom. The van der Waals surface area contributed by atoms with Crippen molar-refractivity contribution in [3.63, 3.8) is 0 Å². The van der Waals surface area contributed by atoms with Gasteiger partial charge in [-0.1, -0.05) is 11.8 Å². The molecule has 0 aliphatic carbocycles. The molecule has 0 fully saturated rings. The lowest BCUT2D eigenvalue weighted by Crippen LogP contribution is -2.07. The fraction of sp³-hybridized carbons (Fsp3) is 0.316. The number of fused-ring (bicyclic) bond motifs is 1. The summed E-state index contributed by atoms with van der Waals surface area (Å²) in [4.78, 5) is 36.6. The number of carbonyl (C=O) groups excluding carboxylic acids is 2. The summed E-state index contributed by atoms with van der Waals surface area (Å²) in [5.74, 6) is -0.374. The zero-order valence-electron chi connectivity index (χ0n) is 16.1. The Bertz CT molecular complexity index is 1020. The van der Waals surface area contributed by atoms with E-state index >= 15 is 0 Å². The lowest BCUT2D eigenvalue weighted by Gasteiger charge is -2.09. The van der Waals surface area contributed by atoms with E-state index in [4.69, 9.17) is 15.2 Å². The van der Waals surface area contributed by atoms with Crippen molar-refractivity contribution in [3.8, 4) is 0 Å². The van der Waals surface area contributed by atoms with Gasteiger partial charge in [-0.05, 0) is 37.6 Å². The number of aryl methyl sites for hydroxylation is 1. The number of nitrogen functional groups attached to an aromatic ring is 1. The van der Waals surface area contributed by atoms with Gasteiger partial charge in [-0.25, -0.2) is 19.7 Å². The van der Waals surface area contributed by atoms with E-state index in [1.807, 2.05) is 16.7 Å². The maximum atomic E-state index is 11.8. The number of carbonyl (C=O) groups is 2. The van der Waals surface area contributed by atoms with Crippen LogP contribution >= 0.6 is 11.8 Å². The first-order valence-corrected chi connectivity index (χ1v) is 9.86. The van der Waals surface area contributed by atoms with E-state index in [-0.39, 0.29) is 11.9 Å². The topological polar surface area (TPSA) is 122 Å². The average Bonchev–Trinajstić information content (AvgIpc) is 3.04. The highest BCUT2D eigenvalue weighted by molar-refractivity contribution is 7.99. The van der Waals surface area contributed by atoms with Crippen LogP contribution in [0.2, 0.25) is 0 Å². The van der Waals surface area contributed by atoms with Gasteiger partial charge in [-0.15, -0.1) is 0 Å². The van der Waals surface area contributed by atoms with Gasteiger partial charge in [-0.2, -0.15) is 0 Å². The number of nitrogens with zero attached hydrogens (tertiary/aromatic N) is 4. The molecule has 2 N–H and O–H groups in total. The number of hydrogen-bond acceptors (Lipinski definition) is 9. The smallest absolute Gasteiger partial charge is 0.338 e. The molecule has 0 atom stereocenters. The highest BCUT2D eigenvalue weighted by Crippen LogP contribution is 2.31. The summed E-state index contributed by atoms with van der Waals surface area (Å²) in [6.45, 7) is 4.32. The largest absolute Gasteiger partial charge is 0.466 e. The third kappa shape index (κ3) is 5.02. The van der Waals surface area contributed by atoms with Crippen LogP contribution in [0.15, 0.2) is 40.6 Å². The summed E-state index contributed by atoms with van der Waals surface area (Å²) in [5.41, 5.74) is 7.57. The van der Waals surface area contributed by atoms with Crippen LogP contribution in [-0.2, 0) is 20.8 Å². The van der Waals surface area contributed by atoms with E-state index < -0.39 is 0 Å². The molecule has 0 unspecified atom stereocenters. The minimum absolute atomic E-state index is 0.299. The second kappa shape index (κ2) is 9.37. The van der Waals surface area contributed by atoms with Crippen molar-refractivity contribution in [1.29, 1.82) is 0 Å². The quantitative estimate of drug-likeness (QED) is 0.437. The minimum Gasteiger partial charge on any atom is -0.466 e. The Balaban J connectivity index is 1.83. The molecule has 152 valence electrons. The van der Waals surface area contributed by atoms with E-state index in [0.717, 1.165) is 4.90 Å². The maximum absolute atomic E-state index is 11.8. The first kappa shape index (κ1) is 20.6. The SMILES string of the molecule is CCOC(=O)c1ccc(Sc2nc3c(N)ncnc3n2CCCOC(C)=O)cc1. The van der Waals surface area contributed by atoms with Crippen molar-refractivity contribution in [1.82, 2.24) is 19.5 Å². The number of aromatic nitrogens is 4. The van der Waals surface area contributed by atoms with Crippen molar-refractivity contribution in [2.75, 3.05) is 18.9 Å². The molecule has 2 heterocycles. The van der Waals surface area contributed by atoms with Gasteiger partial charge in [0.05, 0.1) is 18.8 Å². The van der Waals surface area contributed by atoms with Gasteiger partial charge in [-0.3, -0.25) is 4.79 Å². The average molecular weight is 415 g/mol. The third-order valence-corrected chi connectivity index (χ3v) is 4.93. The van der Waals surface area contributed by atoms with Crippen LogP contribution in [0.5, 0.6) is 0 Å². The summed E-state index contributed by atoms with van der Waals surface area (Å²) >= 11 is 1.42. The van der Waals surface area contributed by atoms with Gasteiger partial charge in [0.25, 0.3) is 0 Å². The van der Waals surface area contributed by atoms with E-state index in [2.05, 4.69) is 15.0 Å². The van der Waals surface area contributed by atoms with Crippen LogP contribution in [0.25, 0.3) is 11.2 Å². The van der Waals surface area contributed by atoms with Crippen LogP contribution in [0.4, 0.5) is 5.82 Å². The maximum Gasteiger partial charge on any atom is 0.338 e. The molecule has 9 nitrogen and oxygen atoms in total. The Labute approximate surface area is 171 Å². The van der Waals surface area contributed by atoms with E-state index in [0.29, 0.717) is 53.9 Å². The number of ether oxygens (including phenoxy) is 2. The molecule has 29 heavy (non-hydrogen) atoms. The molecule has 0 radical (unpaired) electrons. The lowest BCUT2D eigenvalue weighted by atomic mass is 10.2. The molecule has 0 bridgehead atoms. The number of benzene rings is 1. The van der Waals surface area contributed by atoms with Crippen LogP contribution in [0, 0.1) is 0 Å². The highest BCUT2D eigenvalue weighted by Gasteiger charge is 2.16. The number of imidazole rings is 1. The third-order valence-electron chi connectivity index (χ3n) is 3.93. The molecule has 0 aliphatic rings. The predicted molar refractivity (Wildman–Crippen MR) is 108 cm³/mol. The Hall–Kier alpha value is -3.14. The van der Waals surface area contributed by atoms with Crippen LogP contribution < -0.4 is 5.73 Å². The fourth-order valence-corrected chi connectivity index (χ4v) is 3.54. The van der Waals surface area contributed by atoms with Gasteiger partial charge >= 0.3 is 11.9 Å². The summed E-state index contributed by atoms with van der Waals surface area (Å²) in [7, 11) is 0. The molecular formula is C19H21N5O4S. The monoisotopic (exact) mass is 415 g/mol. The molecule has 10 heteroatoms. The van der Waals surface area contributed by atoms with Crippen LogP contribution in [0.1, 0.15) is 30.6 Å². The first-order valence-electron chi connectivity index (χ1n) is 9.04. The van der Waals surface area contributed by atoms with Crippen molar-refractivity contribution >= 4 is 40.7 Å². The Morgan fingerprint density at radius 3 is 2.62 bits per heavy atom. The number of hydrogen-bond donors (Lipinski definition) is 1. The molecular weight excluding hydrogens is 394 g/mol. The molecule has 0 amide bonds. The molecule has 0 spiro atoms. The Morgan fingerprint density at radius 2 is 1.93 bits per heavy atom. The van der Waals surface area contributed by atoms with Crippen molar-refractivity contribution in [2.45, 2.75) is 36.9 Å². The summed E-state index contributed by atoms with van der Waals surface area (Å²) < 4.78 is 11.9. The first-order chi connectivity index (χ1) is 14.0. The summed E-state index contributed by atoms with van der Waals surface area (Å²) in [6, 6.07) is 7.08. The molecule has 1 aromatic carbocycles. The molecule has 0 saturated heterocycles. The zero-order valence-corrected chi connectivity index (χ0v) is 16.9. The molecule has 0 aliphatic heterocycles. The molecule has 2 aromatic heterocycles. The highest BCUT2D eigenvalue weighted by atomic mass is 32.2. The van der Waals surface area contributed by atoms with E-state index in [9.17, 15) is 9.59 Å². The standard InChI is InChI=1S/C19H21N5O4S/c1-3-27-18(26)13-5-7-14(8-6-13)29-19-23-15-16(20)21-11-22-17(15)24(19)9-4-10-28-12(2)25/h5-8,11H,3-4,9-10H2,1-2H3,(H2,20,21,22). The molecule has 3 rings (SSSR count). The number of esters is 2. The fourth-order valence-electron chi connectivity index (χ4n) is 2.63. The predicted octanol–water partition coefficient (Wildman–Crippen LogP) is 2.69. The second-order valence-corrected chi connectivity index (χ2v) is 7.06. The normalized spacial score (nSPS) is 10.8. The summed E-state index contributed by atoms with van der Waals surface area (Å²) in [5, 5.41) is 0.680. The van der Waals surface area contributed by atoms with Crippen LogP contribution in [-0.4, -0.2) is 44.7 Å². The van der Waals surface area contributed by atoms with Gasteiger partial charge < -0.3 is 19.8 Å². The van der Waals surface area contributed by atoms with Crippen LogP contribution in [0.3, 0.4) is 0 Å². The van der Waals surface area contributed by atoms with Crippen molar-refractivity contribution < 1.29 is 19.1 Å². The summed E-state index contributed by atoms with van der Waals surface area (Å²) in [6.07, 6.45) is 1.99. The van der Waals surface area contributed by atoms with Crippen molar-refractivity contribution in [2.24, 2.45) is 0 Å². The van der Waals surface area contributed by atoms with Gasteiger partial charge in [0.1, 0.15) is 6.33 Å². The lowest BCUT2D eigenvalue weighted by molar-refractivity contribution is -0.141. The minimum atomic E-state index is -0.357. The number of nitrogens with two attached hydrogens (primary N) is 1. The van der Waals surface area contributed by atoms with E-state index in [1.165, 1.54) is 25.0 Å². The van der Waals surface area contributed by atoms with Gasteiger partial charge in [0.2, 0.25) is 0 Å². The molecule has 0 saturated carbocycles. The van der Waals surface area contributed by atoms with Gasteiger partial charge in [0, 0.05) is 18.4 Å². The van der Waals surface area contributed by atoms with E-state index in [1.54, 1.807) is 19.1 Å². The Kier molecular flexibility index (Phi) is 6.65. The molecule has 3 aromatic rings. The van der Waals surface area contributed by atoms with Crippen molar-refractivity contribution in [3.05, 3.63) is 36.2 Å². The zero-order chi connectivity index (χ0) is 20.8. The second-order valence-electron chi connectivity index (χ2n) is 6.02. The number of rotatable bonds is 8.